The number of amides is 1. The van der Waals surface area contributed by atoms with Gasteiger partial charge in [0, 0.05) is 29.2 Å². The Balaban J connectivity index is 1.44. The number of hydrazone groups is 1. The topological polar surface area (TPSA) is 46.4 Å². The van der Waals surface area contributed by atoms with E-state index < -0.39 is 0 Å². The van der Waals surface area contributed by atoms with Crippen LogP contribution >= 0.6 is 0 Å². The Labute approximate surface area is 151 Å². The quantitative estimate of drug-likeness (QED) is 0.435. The number of rotatable bonds is 4. The second kappa shape index (κ2) is 7.07. The standard InChI is InChI=1S/C22H17N3O/c26-22(20-11-10-18-6-4-5-7-19(18)14-20)24-23-15-17-12-13-25(16-17)21-8-2-1-3-9-21/h1-16H,(H,24,26)/b23-15-. The lowest BCUT2D eigenvalue weighted by Crippen LogP contribution is -2.17. The van der Waals surface area contributed by atoms with Gasteiger partial charge in [0.1, 0.15) is 0 Å². The zero-order chi connectivity index (χ0) is 17.8. The van der Waals surface area contributed by atoms with E-state index in [9.17, 15) is 4.79 Å². The molecule has 26 heavy (non-hydrogen) atoms. The number of hydrogen-bond acceptors (Lipinski definition) is 2. The van der Waals surface area contributed by atoms with E-state index in [2.05, 4.69) is 10.5 Å². The molecule has 4 nitrogen and oxygen atoms in total. The summed E-state index contributed by atoms with van der Waals surface area (Å²) in [5.41, 5.74) is 5.15. The summed E-state index contributed by atoms with van der Waals surface area (Å²) in [5, 5.41) is 6.20. The Morgan fingerprint density at radius 2 is 1.65 bits per heavy atom. The van der Waals surface area contributed by atoms with Crippen molar-refractivity contribution in [2.24, 2.45) is 5.10 Å². The molecule has 0 aliphatic carbocycles. The normalized spacial score (nSPS) is 11.1. The molecule has 0 saturated heterocycles. The molecule has 0 spiro atoms. The van der Waals surface area contributed by atoms with Gasteiger partial charge in [-0.2, -0.15) is 5.10 Å². The fourth-order valence-corrected chi connectivity index (χ4v) is 2.81. The summed E-state index contributed by atoms with van der Waals surface area (Å²) in [6, 6.07) is 25.5. The van der Waals surface area contributed by atoms with Gasteiger partial charge in [0.05, 0.1) is 6.21 Å². The lowest BCUT2D eigenvalue weighted by Gasteiger charge is -2.02. The van der Waals surface area contributed by atoms with Crippen LogP contribution in [-0.2, 0) is 0 Å². The minimum atomic E-state index is -0.227. The van der Waals surface area contributed by atoms with Crippen molar-refractivity contribution >= 4 is 22.9 Å². The molecule has 4 heteroatoms. The first-order valence-electron chi connectivity index (χ1n) is 8.35. The van der Waals surface area contributed by atoms with Crippen LogP contribution in [0.25, 0.3) is 16.5 Å². The summed E-state index contributed by atoms with van der Waals surface area (Å²) >= 11 is 0. The summed E-state index contributed by atoms with van der Waals surface area (Å²) in [6.45, 7) is 0. The van der Waals surface area contributed by atoms with Crippen LogP contribution in [0.1, 0.15) is 15.9 Å². The van der Waals surface area contributed by atoms with Gasteiger partial charge in [0.25, 0.3) is 5.91 Å². The molecule has 0 unspecified atom stereocenters. The number of benzene rings is 3. The van der Waals surface area contributed by atoms with E-state index in [4.69, 9.17) is 0 Å². The Bertz CT molecular complexity index is 1080. The molecule has 126 valence electrons. The number of nitrogens with one attached hydrogen (secondary N) is 1. The Hall–Kier alpha value is -3.66. The third-order valence-corrected chi connectivity index (χ3v) is 4.16. The minimum Gasteiger partial charge on any atom is -0.323 e. The molecule has 1 amide bonds. The molecular formula is C22H17N3O. The molecule has 3 aromatic carbocycles. The van der Waals surface area contributed by atoms with Crippen LogP contribution in [0, 0.1) is 0 Å². The molecule has 0 aliphatic heterocycles. The minimum absolute atomic E-state index is 0.227. The predicted molar refractivity (Wildman–Crippen MR) is 105 cm³/mol. The molecule has 1 heterocycles. The maximum atomic E-state index is 12.3. The zero-order valence-electron chi connectivity index (χ0n) is 14.0. The highest BCUT2D eigenvalue weighted by molar-refractivity contribution is 5.98. The van der Waals surface area contributed by atoms with Gasteiger partial charge in [0.15, 0.2) is 0 Å². The zero-order valence-corrected chi connectivity index (χ0v) is 14.0. The first-order valence-corrected chi connectivity index (χ1v) is 8.35. The summed E-state index contributed by atoms with van der Waals surface area (Å²) < 4.78 is 2.01. The van der Waals surface area contributed by atoms with E-state index in [0.717, 1.165) is 22.0 Å². The molecular weight excluding hydrogens is 322 g/mol. The van der Waals surface area contributed by atoms with Gasteiger partial charge in [0.2, 0.25) is 0 Å². The van der Waals surface area contributed by atoms with Crippen molar-refractivity contribution in [3.63, 3.8) is 0 Å². The highest BCUT2D eigenvalue weighted by Gasteiger charge is 2.05. The highest BCUT2D eigenvalue weighted by atomic mass is 16.2. The number of aromatic nitrogens is 1. The van der Waals surface area contributed by atoms with Gasteiger partial charge in [-0.3, -0.25) is 4.79 Å². The monoisotopic (exact) mass is 339 g/mol. The molecule has 4 aromatic rings. The van der Waals surface area contributed by atoms with Crippen LogP contribution in [0.3, 0.4) is 0 Å². The molecule has 0 fully saturated rings. The lowest BCUT2D eigenvalue weighted by molar-refractivity contribution is 0.0955. The van der Waals surface area contributed by atoms with Crippen LogP contribution in [-0.4, -0.2) is 16.7 Å². The average molecular weight is 339 g/mol. The molecule has 0 bridgehead atoms. The number of carbonyl (C=O) groups is 1. The van der Waals surface area contributed by atoms with Crippen molar-refractivity contribution in [2.45, 2.75) is 0 Å². The SMILES string of the molecule is O=C(N/N=C\c1ccn(-c2ccccc2)c1)c1ccc2ccccc2c1. The van der Waals surface area contributed by atoms with Crippen molar-refractivity contribution < 1.29 is 4.79 Å². The van der Waals surface area contributed by atoms with Crippen molar-refractivity contribution in [2.75, 3.05) is 0 Å². The van der Waals surface area contributed by atoms with Crippen LogP contribution in [0.15, 0.2) is 96.4 Å². The van der Waals surface area contributed by atoms with E-state index in [1.54, 1.807) is 12.3 Å². The van der Waals surface area contributed by atoms with E-state index in [1.807, 2.05) is 89.8 Å². The predicted octanol–water partition coefficient (Wildman–Crippen LogP) is 4.39. The van der Waals surface area contributed by atoms with Crippen molar-refractivity contribution in [3.8, 4) is 5.69 Å². The van der Waals surface area contributed by atoms with Gasteiger partial charge in [-0.1, -0.05) is 48.5 Å². The number of nitrogens with zero attached hydrogens (tertiary/aromatic N) is 2. The first-order chi connectivity index (χ1) is 12.8. The molecule has 1 aromatic heterocycles. The number of para-hydroxylation sites is 1. The third-order valence-electron chi connectivity index (χ3n) is 4.16. The summed E-state index contributed by atoms with van der Waals surface area (Å²) in [7, 11) is 0. The maximum Gasteiger partial charge on any atom is 0.271 e. The summed E-state index contributed by atoms with van der Waals surface area (Å²) in [6.07, 6.45) is 5.56. The van der Waals surface area contributed by atoms with E-state index in [1.165, 1.54) is 0 Å². The molecule has 4 rings (SSSR count). The second-order valence-electron chi connectivity index (χ2n) is 5.95. The van der Waals surface area contributed by atoms with Gasteiger partial charge < -0.3 is 4.57 Å². The summed E-state index contributed by atoms with van der Waals surface area (Å²) in [5.74, 6) is -0.227. The largest absolute Gasteiger partial charge is 0.323 e. The van der Waals surface area contributed by atoms with Gasteiger partial charge >= 0.3 is 0 Å². The molecule has 1 N–H and O–H groups in total. The van der Waals surface area contributed by atoms with Crippen LogP contribution < -0.4 is 5.43 Å². The van der Waals surface area contributed by atoms with Crippen LogP contribution in [0.2, 0.25) is 0 Å². The first kappa shape index (κ1) is 15.8. The molecule has 0 atom stereocenters. The van der Waals surface area contributed by atoms with E-state index >= 15 is 0 Å². The van der Waals surface area contributed by atoms with Gasteiger partial charge in [-0.25, -0.2) is 5.43 Å². The van der Waals surface area contributed by atoms with Crippen molar-refractivity contribution in [1.29, 1.82) is 0 Å². The highest BCUT2D eigenvalue weighted by Crippen LogP contribution is 2.15. The molecule has 0 radical (unpaired) electrons. The van der Waals surface area contributed by atoms with E-state index in [-0.39, 0.29) is 5.91 Å². The lowest BCUT2D eigenvalue weighted by atomic mass is 10.1. The van der Waals surface area contributed by atoms with Crippen LogP contribution in [0.5, 0.6) is 0 Å². The second-order valence-corrected chi connectivity index (χ2v) is 5.95. The molecule has 0 saturated carbocycles. The number of fused-ring (bicyclic) bond motifs is 1. The number of hydrogen-bond donors (Lipinski definition) is 1. The van der Waals surface area contributed by atoms with E-state index in [0.29, 0.717) is 5.56 Å². The Morgan fingerprint density at radius 1 is 0.885 bits per heavy atom. The van der Waals surface area contributed by atoms with Gasteiger partial charge in [-0.15, -0.1) is 0 Å². The Morgan fingerprint density at radius 3 is 2.50 bits per heavy atom. The third kappa shape index (κ3) is 3.39. The average Bonchev–Trinajstić information content (AvgIpc) is 3.17. The fraction of sp³-hybridized carbons (Fsp3) is 0. The summed E-state index contributed by atoms with van der Waals surface area (Å²) in [4.78, 5) is 12.3. The Kier molecular flexibility index (Phi) is 4.31. The molecule has 0 aliphatic rings. The maximum absolute atomic E-state index is 12.3. The van der Waals surface area contributed by atoms with Crippen molar-refractivity contribution in [3.05, 3.63) is 102 Å². The van der Waals surface area contributed by atoms with Gasteiger partial charge in [-0.05, 0) is 41.1 Å². The van der Waals surface area contributed by atoms with Crippen molar-refractivity contribution in [1.82, 2.24) is 9.99 Å². The smallest absolute Gasteiger partial charge is 0.271 e. The van der Waals surface area contributed by atoms with Crippen LogP contribution in [0.4, 0.5) is 0 Å². The fourth-order valence-electron chi connectivity index (χ4n) is 2.81. The number of carbonyl (C=O) groups excluding carboxylic acids is 1.